The molecule has 9 heteroatoms. The summed E-state index contributed by atoms with van der Waals surface area (Å²) in [6, 6.07) is 15.7. The number of hydrogen-bond donors (Lipinski definition) is 3. The molecule has 3 rings (SSSR count). The van der Waals surface area contributed by atoms with Crippen molar-refractivity contribution in [1.29, 1.82) is 0 Å². The summed E-state index contributed by atoms with van der Waals surface area (Å²) in [5, 5.41) is 19.1. The van der Waals surface area contributed by atoms with E-state index >= 15 is 0 Å². The minimum Gasteiger partial charge on any atom is -0.459 e. The predicted molar refractivity (Wildman–Crippen MR) is 107 cm³/mol. The molecule has 9 nitrogen and oxygen atoms in total. The standard InChI is InChI=1S/C20H18N4O5/c25-19(22-12-11-21-15-7-9-17(10-8-15)24(27)28)14-3-5-16(6-4-14)23-20(26)18-2-1-13-29-18/h1-10,13,21H,11-12H2,(H,22,25)(H,23,26). The van der Waals surface area contributed by atoms with E-state index in [1.165, 1.54) is 18.4 Å². The number of nitrogens with one attached hydrogen (secondary N) is 3. The third-order valence-electron chi connectivity index (χ3n) is 3.97. The number of hydrogen-bond acceptors (Lipinski definition) is 6. The second-order valence-electron chi connectivity index (χ2n) is 6.00. The van der Waals surface area contributed by atoms with Gasteiger partial charge in [-0.15, -0.1) is 0 Å². The van der Waals surface area contributed by atoms with Crippen LogP contribution < -0.4 is 16.0 Å². The molecule has 0 saturated heterocycles. The predicted octanol–water partition coefficient (Wildman–Crippen LogP) is 3.28. The summed E-state index contributed by atoms with van der Waals surface area (Å²) in [4.78, 5) is 34.3. The van der Waals surface area contributed by atoms with Gasteiger partial charge in [-0.3, -0.25) is 19.7 Å². The summed E-state index contributed by atoms with van der Waals surface area (Å²) in [5.41, 5.74) is 1.74. The SMILES string of the molecule is O=C(NCCNc1ccc([N+](=O)[O-])cc1)c1ccc(NC(=O)c2ccco2)cc1. The molecule has 1 heterocycles. The summed E-state index contributed by atoms with van der Waals surface area (Å²) >= 11 is 0. The third kappa shape index (κ3) is 5.42. The molecule has 0 saturated carbocycles. The number of nitrogens with zero attached hydrogens (tertiary/aromatic N) is 1. The highest BCUT2D eigenvalue weighted by atomic mass is 16.6. The number of benzene rings is 2. The van der Waals surface area contributed by atoms with Crippen molar-refractivity contribution < 1.29 is 18.9 Å². The Hall–Kier alpha value is -4.14. The molecule has 0 atom stereocenters. The molecular formula is C20H18N4O5. The number of nitro benzene ring substituents is 1. The van der Waals surface area contributed by atoms with Gasteiger partial charge in [-0.05, 0) is 48.5 Å². The fourth-order valence-corrected chi connectivity index (χ4v) is 2.49. The van der Waals surface area contributed by atoms with Gasteiger partial charge in [0.15, 0.2) is 5.76 Å². The lowest BCUT2D eigenvalue weighted by Crippen LogP contribution is -2.28. The van der Waals surface area contributed by atoms with Gasteiger partial charge in [0.1, 0.15) is 0 Å². The zero-order valence-corrected chi connectivity index (χ0v) is 15.3. The highest BCUT2D eigenvalue weighted by molar-refractivity contribution is 6.02. The van der Waals surface area contributed by atoms with E-state index in [9.17, 15) is 19.7 Å². The van der Waals surface area contributed by atoms with Crippen molar-refractivity contribution in [3.8, 4) is 0 Å². The molecule has 0 fully saturated rings. The van der Waals surface area contributed by atoms with Crippen LogP contribution in [0.3, 0.4) is 0 Å². The van der Waals surface area contributed by atoms with E-state index in [2.05, 4.69) is 16.0 Å². The highest BCUT2D eigenvalue weighted by Gasteiger charge is 2.10. The van der Waals surface area contributed by atoms with Crippen LogP contribution >= 0.6 is 0 Å². The van der Waals surface area contributed by atoms with Crippen LogP contribution in [0.1, 0.15) is 20.9 Å². The Bertz CT molecular complexity index is 983. The molecule has 0 aliphatic carbocycles. The molecule has 3 aromatic rings. The molecule has 1 aromatic heterocycles. The first-order valence-corrected chi connectivity index (χ1v) is 8.74. The van der Waals surface area contributed by atoms with E-state index in [0.717, 1.165) is 5.69 Å². The average molecular weight is 394 g/mol. The molecule has 0 radical (unpaired) electrons. The van der Waals surface area contributed by atoms with E-state index in [-0.39, 0.29) is 23.3 Å². The van der Waals surface area contributed by atoms with Crippen LogP contribution in [0.2, 0.25) is 0 Å². The number of nitro groups is 1. The fraction of sp³-hybridized carbons (Fsp3) is 0.100. The van der Waals surface area contributed by atoms with Crippen LogP contribution in [0.15, 0.2) is 71.3 Å². The van der Waals surface area contributed by atoms with Crippen LogP contribution in [-0.4, -0.2) is 29.8 Å². The van der Waals surface area contributed by atoms with Crippen LogP contribution in [0.4, 0.5) is 17.1 Å². The molecule has 3 N–H and O–H groups in total. The molecule has 2 aromatic carbocycles. The lowest BCUT2D eigenvalue weighted by molar-refractivity contribution is -0.384. The summed E-state index contributed by atoms with van der Waals surface area (Å²) in [6.45, 7) is 0.827. The molecule has 0 spiro atoms. The van der Waals surface area contributed by atoms with Crippen LogP contribution in [-0.2, 0) is 0 Å². The quantitative estimate of drug-likeness (QED) is 0.306. The molecule has 2 amide bonds. The Labute approximate surface area is 165 Å². The number of carbonyl (C=O) groups excluding carboxylic acids is 2. The monoisotopic (exact) mass is 394 g/mol. The number of non-ortho nitro benzene ring substituents is 1. The Morgan fingerprint density at radius 1 is 0.897 bits per heavy atom. The van der Waals surface area contributed by atoms with E-state index < -0.39 is 4.92 Å². The van der Waals surface area contributed by atoms with E-state index in [1.807, 2.05) is 0 Å². The maximum Gasteiger partial charge on any atom is 0.291 e. The van der Waals surface area contributed by atoms with Gasteiger partial charge in [-0.2, -0.15) is 0 Å². The van der Waals surface area contributed by atoms with Gasteiger partial charge in [0.25, 0.3) is 17.5 Å². The summed E-state index contributed by atoms with van der Waals surface area (Å²) in [6.07, 6.45) is 1.42. The van der Waals surface area contributed by atoms with E-state index in [1.54, 1.807) is 48.5 Å². The number of anilines is 2. The van der Waals surface area contributed by atoms with Crippen molar-refractivity contribution in [2.24, 2.45) is 0 Å². The van der Waals surface area contributed by atoms with Gasteiger partial charge in [-0.25, -0.2) is 0 Å². The first-order chi connectivity index (χ1) is 14.0. The zero-order chi connectivity index (χ0) is 20.6. The van der Waals surface area contributed by atoms with Crippen molar-refractivity contribution in [3.05, 3.63) is 88.4 Å². The second-order valence-corrected chi connectivity index (χ2v) is 6.00. The zero-order valence-electron chi connectivity index (χ0n) is 15.3. The number of rotatable bonds is 8. The van der Waals surface area contributed by atoms with Crippen molar-refractivity contribution in [3.63, 3.8) is 0 Å². The fourth-order valence-electron chi connectivity index (χ4n) is 2.49. The van der Waals surface area contributed by atoms with Crippen LogP contribution in [0.25, 0.3) is 0 Å². The molecule has 0 bridgehead atoms. The molecule has 0 aliphatic rings. The normalized spacial score (nSPS) is 10.2. The topological polar surface area (TPSA) is 127 Å². The average Bonchev–Trinajstić information content (AvgIpc) is 3.27. The van der Waals surface area contributed by atoms with E-state index in [0.29, 0.717) is 24.3 Å². The summed E-state index contributed by atoms with van der Waals surface area (Å²) < 4.78 is 5.02. The molecule has 0 unspecified atom stereocenters. The van der Waals surface area contributed by atoms with Gasteiger partial charge in [0.2, 0.25) is 0 Å². The maximum atomic E-state index is 12.2. The van der Waals surface area contributed by atoms with Crippen molar-refractivity contribution >= 4 is 28.9 Å². The maximum absolute atomic E-state index is 12.2. The Balaban J connectivity index is 1.43. The van der Waals surface area contributed by atoms with Crippen LogP contribution in [0.5, 0.6) is 0 Å². The summed E-state index contributed by atoms with van der Waals surface area (Å²) in [5.74, 6) is -0.420. The lowest BCUT2D eigenvalue weighted by atomic mass is 10.2. The van der Waals surface area contributed by atoms with Gasteiger partial charge < -0.3 is 20.4 Å². The van der Waals surface area contributed by atoms with Crippen molar-refractivity contribution in [1.82, 2.24) is 5.32 Å². The lowest BCUT2D eigenvalue weighted by Gasteiger charge is -2.09. The third-order valence-corrected chi connectivity index (χ3v) is 3.97. The van der Waals surface area contributed by atoms with Gasteiger partial charge in [-0.1, -0.05) is 0 Å². The highest BCUT2D eigenvalue weighted by Crippen LogP contribution is 2.15. The smallest absolute Gasteiger partial charge is 0.291 e. The molecule has 148 valence electrons. The van der Waals surface area contributed by atoms with Gasteiger partial charge >= 0.3 is 0 Å². The number of furan rings is 1. The van der Waals surface area contributed by atoms with Gasteiger partial charge in [0.05, 0.1) is 11.2 Å². The Morgan fingerprint density at radius 3 is 2.21 bits per heavy atom. The molecular weight excluding hydrogens is 376 g/mol. The molecule has 0 aliphatic heterocycles. The second kappa shape index (κ2) is 9.18. The largest absolute Gasteiger partial charge is 0.459 e. The first kappa shape index (κ1) is 19.6. The van der Waals surface area contributed by atoms with Crippen molar-refractivity contribution in [2.75, 3.05) is 23.7 Å². The Kier molecular flexibility index (Phi) is 6.21. The van der Waals surface area contributed by atoms with Gasteiger partial charge in [0, 0.05) is 42.2 Å². The molecule has 29 heavy (non-hydrogen) atoms. The van der Waals surface area contributed by atoms with Crippen LogP contribution in [0, 0.1) is 10.1 Å². The number of carbonyl (C=O) groups is 2. The Morgan fingerprint density at radius 2 is 1.59 bits per heavy atom. The number of amides is 2. The minimum absolute atomic E-state index is 0.0210. The summed E-state index contributed by atoms with van der Waals surface area (Å²) in [7, 11) is 0. The first-order valence-electron chi connectivity index (χ1n) is 8.74. The van der Waals surface area contributed by atoms with Crippen molar-refractivity contribution in [2.45, 2.75) is 0 Å². The minimum atomic E-state index is -0.461. The van der Waals surface area contributed by atoms with E-state index in [4.69, 9.17) is 4.42 Å².